The summed E-state index contributed by atoms with van der Waals surface area (Å²) in [4.78, 5) is 4.12. The molecule has 0 unspecified atom stereocenters. The summed E-state index contributed by atoms with van der Waals surface area (Å²) >= 11 is 0. The van der Waals surface area contributed by atoms with Gasteiger partial charge in [-0.25, -0.2) is 13.4 Å². The third-order valence-electron chi connectivity index (χ3n) is 3.10. The van der Waals surface area contributed by atoms with Crippen LogP contribution in [0, 0.1) is 0 Å². The monoisotopic (exact) mass is 319 g/mol. The van der Waals surface area contributed by atoms with Crippen molar-refractivity contribution in [3.8, 4) is 0 Å². The summed E-state index contributed by atoms with van der Waals surface area (Å²) in [6, 6.07) is 13.0. The highest BCUT2D eigenvalue weighted by Crippen LogP contribution is 2.12. The first-order valence-corrected chi connectivity index (χ1v) is 8.98. The van der Waals surface area contributed by atoms with E-state index in [0.29, 0.717) is 12.2 Å². The molecule has 0 saturated heterocycles. The van der Waals surface area contributed by atoms with Gasteiger partial charge in [-0.1, -0.05) is 37.3 Å². The Morgan fingerprint density at radius 1 is 1.09 bits per heavy atom. The minimum Gasteiger partial charge on any atom is -0.384 e. The molecule has 0 saturated carbocycles. The largest absolute Gasteiger partial charge is 0.384 e. The average molecular weight is 319 g/mol. The van der Waals surface area contributed by atoms with Crippen molar-refractivity contribution in [2.75, 3.05) is 22.3 Å². The van der Waals surface area contributed by atoms with Crippen LogP contribution >= 0.6 is 0 Å². The third-order valence-corrected chi connectivity index (χ3v) is 4.37. The fourth-order valence-corrected chi connectivity index (χ4v) is 2.98. The molecule has 0 bridgehead atoms. The molecule has 118 valence electrons. The number of nitrogens with zero attached hydrogens (tertiary/aromatic N) is 1. The van der Waals surface area contributed by atoms with Gasteiger partial charge in [0.15, 0.2) is 0 Å². The number of rotatable bonds is 8. The van der Waals surface area contributed by atoms with Crippen LogP contribution in [0.25, 0.3) is 0 Å². The fourth-order valence-electron chi connectivity index (χ4n) is 1.94. The normalized spacial score (nSPS) is 11.1. The molecule has 1 aromatic heterocycles. The van der Waals surface area contributed by atoms with Gasteiger partial charge in [-0.3, -0.25) is 4.72 Å². The van der Waals surface area contributed by atoms with Crippen LogP contribution in [0.1, 0.15) is 18.9 Å². The zero-order valence-corrected chi connectivity index (χ0v) is 13.4. The van der Waals surface area contributed by atoms with Crippen molar-refractivity contribution in [2.24, 2.45) is 0 Å². The van der Waals surface area contributed by atoms with Crippen molar-refractivity contribution in [1.82, 2.24) is 4.98 Å². The van der Waals surface area contributed by atoms with E-state index in [-0.39, 0.29) is 5.75 Å². The number of nitrogens with one attached hydrogen (secondary N) is 2. The van der Waals surface area contributed by atoms with E-state index in [9.17, 15) is 8.42 Å². The highest BCUT2D eigenvalue weighted by Gasteiger charge is 2.11. The van der Waals surface area contributed by atoms with Gasteiger partial charge in [0.1, 0.15) is 5.82 Å². The van der Waals surface area contributed by atoms with Gasteiger partial charge in [0.2, 0.25) is 10.0 Å². The lowest BCUT2D eigenvalue weighted by Crippen LogP contribution is -2.19. The van der Waals surface area contributed by atoms with Gasteiger partial charge in [-0.05, 0) is 30.5 Å². The van der Waals surface area contributed by atoms with E-state index >= 15 is 0 Å². The Bertz CT molecular complexity index is 670. The van der Waals surface area contributed by atoms with Crippen LogP contribution in [0.15, 0.2) is 48.7 Å². The van der Waals surface area contributed by atoms with Crippen LogP contribution < -0.4 is 10.0 Å². The lowest BCUT2D eigenvalue weighted by molar-refractivity contribution is 0.600. The Kier molecular flexibility index (Phi) is 5.77. The van der Waals surface area contributed by atoms with E-state index in [4.69, 9.17) is 0 Å². The van der Waals surface area contributed by atoms with Crippen LogP contribution in [0.3, 0.4) is 0 Å². The second-order valence-corrected chi connectivity index (χ2v) is 6.86. The molecule has 0 aliphatic rings. The Labute approximate surface area is 131 Å². The first-order valence-electron chi connectivity index (χ1n) is 7.33. The van der Waals surface area contributed by atoms with Gasteiger partial charge >= 0.3 is 0 Å². The minimum absolute atomic E-state index is 0.0362. The van der Waals surface area contributed by atoms with Crippen molar-refractivity contribution < 1.29 is 8.42 Å². The molecule has 1 aromatic carbocycles. The molecule has 2 aromatic rings. The summed E-state index contributed by atoms with van der Waals surface area (Å²) in [7, 11) is -3.40. The van der Waals surface area contributed by atoms with E-state index < -0.39 is 10.0 Å². The molecule has 0 aliphatic carbocycles. The van der Waals surface area contributed by atoms with Gasteiger partial charge in [-0.2, -0.15) is 0 Å². The molecule has 0 aliphatic heterocycles. The molecular formula is C16H21N3O2S. The maximum Gasteiger partial charge on any atom is 0.234 e. The van der Waals surface area contributed by atoms with E-state index in [1.807, 2.05) is 36.4 Å². The second kappa shape index (κ2) is 7.79. The zero-order chi connectivity index (χ0) is 15.8. The number of benzene rings is 1. The van der Waals surface area contributed by atoms with Crippen LogP contribution in [-0.4, -0.2) is 25.7 Å². The standard InChI is InChI=1S/C16H21N3O2S/c1-2-11-17-15-8-9-16(18-13-15)19-22(20,21)12-10-14-6-4-3-5-7-14/h3-9,13,17H,2,10-12H2,1H3,(H,18,19). The topological polar surface area (TPSA) is 71.1 Å². The van der Waals surface area contributed by atoms with Gasteiger partial charge in [0, 0.05) is 6.54 Å². The lowest BCUT2D eigenvalue weighted by atomic mass is 10.2. The van der Waals surface area contributed by atoms with Gasteiger partial charge < -0.3 is 5.32 Å². The van der Waals surface area contributed by atoms with E-state index in [1.165, 1.54) is 0 Å². The summed E-state index contributed by atoms with van der Waals surface area (Å²) in [5.74, 6) is 0.379. The second-order valence-electron chi connectivity index (χ2n) is 5.02. The van der Waals surface area contributed by atoms with Crippen molar-refractivity contribution >= 4 is 21.5 Å². The van der Waals surface area contributed by atoms with Crippen LogP contribution in [0.2, 0.25) is 0 Å². The van der Waals surface area contributed by atoms with Crippen molar-refractivity contribution in [3.63, 3.8) is 0 Å². The summed E-state index contributed by atoms with van der Waals surface area (Å²) in [5, 5.41) is 3.19. The molecule has 0 radical (unpaired) electrons. The van der Waals surface area contributed by atoms with E-state index in [1.54, 1.807) is 12.3 Å². The molecule has 0 atom stereocenters. The number of pyridine rings is 1. The fraction of sp³-hybridized carbons (Fsp3) is 0.312. The van der Waals surface area contributed by atoms with Crippen LogP contribution in [0.4, 0.5) is 11.5 Å². The number of sulfonamides is 1. The average Bonchev–Trinajstić information content (AvgIpc) is 2.53. The van der Waals surface area contributed by atoms with Gasteiger partial charge in [0.25, 0.3) is 0 Å². The first-order chi connectivity index (χ1) is 10.6. The number of aromatic nitrogens is 1. The number of anilines is 2. The highest BCUT2D eigenvalue weighted by atomic mass is 32.2. The molecule has 22 heavy (non-hydrogen) atoms. The first kappa shape index (κ1) is 16.3. The van der Waals surface area contributed by atoms with Crippen LogP contribution in [-0.2, 0) is 16.4 Å². The van der Waals surface area contributed by atoms with Crippen molar-refractivity contribution in [1.29, 1.82) is 0 Å². The molecule has 2 N–H and O–H groups in total. The SMILES string of the molecule is CCCNc1ccc(NS(=O)(=O)CCc2ccccc2)nc1. The number of aryl methyl sites for hydroxylation is 1. The Morgan fingerprint density at radius 2 is 1.86 bits per heavy atom. The summed E-state index contributed by atoms with van der Waals surface area (Å²) < 4.78 is 26.6. The Balaban J connectivity index is 1.91. The number of hydrogen-bond donors (Lipinski definition) is 2. The van der Waals surface area contributed by atoms with Crippen molar-refractivity contribution in [2.45, 2.75) is 19.8 Å². The van der Waals surface area contributed by atoms with E-state index in [0.717, 1.165) is 24.2 Å². The molecule has 1 heterocycles. The highest BCUT2D eigenvalue weighted by molar-refractivity contribution is 7.92. The predicted molar refractivity (Wildman–Crippen MR) is 90.6 cm³/mol. The molecule has 0 fully saturated rings. The van der Waals surface area contributed by atoms with Crippen molar-refractivity contribution in [3.05, 3.63) is 54.2 Å². The molecule has 5 nitrogen and oxygen atoms in total. The zero-order valence-electron chi connectivity index (χ0n) is 12.6. The van der Waals surface area contributed by atoms with Gasteiger partial charge in [0.05, 0.1) is 17.6 Å². The smallest absolute Gasteiger partial charge is 0.234 e. The predicted octanol–water partition coefficient (Wildman–Crippen LogP) is 2.89. The molecule has 2 rings (SSSR count). The molecule has 0 amide bonds. The Hall–Kier alpha value is -2.08. The quantitative estimate of drug-likeness (QED) is 0.785. The molecule has 6 heteroatoms. The maximum atomic E-state index is 12.1. The minimum atomic E-state index is -3.40. The van der Waals surface area contributed by atoms with E-state index in [2.05, 4.69) is 21.9 Å². The summed E-state index contributed by atoms with van der Waals surface area (Å²) in [6.45, 7) is 2.94. The lowest BCUT2D eigenvalue weighted by Gasteiger charge is -2.09. The third kappa shape index (κ3) is 5.37. The molecule has 0 spiro atoms. The van der Waals surface area contributed by atoms with Gasteiger partial charge in [-0.15, -0.1) is 0 Å². The number of hydrogen-bond acceptors (Lipinski definition) is 4. The summed E-state index contributed by atoms with van der Waals surface area (Å²) in [6.07, 6.45) is 3.13. The van der Waals surface area contributed by atoms with Crippen LogP contribution in [0.5, 0.6) is 0 Å². The maximum absolute atomic E-state index is 12.1. The summed E-state index contributed by atoms with van der Waals surface area (Å²) in [5.41, 5.74) is 1.88. The Morgan fingerprint density at radius 3 is 2.50 bits per heavy atom. The molecular weight excluding hydrogens is 298 g/mol.